The fourth-order valence-corrected chi connectivity index (χ4v) is 3.43. The molecular formula is C23H24N2O7. The van der Waals surface area contributed by atoms with Crippen LogP contribution in [-0.4, -0.2) is 56.0 Å². The molecule has 2 aromatic rings. The van der Waals surface area contributed by atoms with Crippen molar-refractivity contribution in [1.29, 1.82) is 0 Å². The van der Waals surface area contributed by atoms with Crippen molar-refractivity contribution in [3.63, 3.8) is 0 Å². The SMILES string of the molecule is COCC(ONC(=O)/C=C/CNC(=O)OCC1c2ccccc2-c2ccccc21)C(=O)O. The lowest BCUT2D eigenvalue weighted by molar-refractivity contribution is -0.163. The average Bonchev–Trinajstić information content (AvgIpc) is 3.11. The van der Waals surface area contributed by atoms with Gasteiger partial charge in [-0.15, -0.1) is 0 Å². The normalized spacial score (nSPS) is 13.3. The van der Waals surface area contributed by atoms with Crippen molar-refractivity contribution in [2.24, 2.45) is 0 Å². The van der Waals surface area contributed by atoms with Crippen LogP contribution in [0.1, 0.15) is 17.0 Å². The number of hydrogen-bond acceptors (Lipinski definition) is 6. The molecule has 1 aliphatic rings. The predicted octanol–water partition coefficient (Wildman–Crippen LogP) is 2.23. The number of alkyl carbamates (subject to hydrolysis) is 1. The van der Waals surface area contributed by atoms with Gasteiger partial charge in [0.2, 0.25) is 6.10 Å². The van der Waals surface area contributed by atoms with Crippen LogP contribution in [0.5, 0.6) is 0 Å². The molecule has 3 rings (SSSR count). The number of benzene rings is 2. The number of carboxylic acid groups (broad SMARTS) is 1. The predicted molar refractivity (Wildman–Crippen MR) is 115 cm³/mol. The third kappa shape index (κ3) is 5.71. The third-order valence-corrected chi connectivity index (χ3v) is 4.87. The van der Waals surface area contributed by atoms with Crippen LogP contribution in [0.2, 0.25) is 0 Å². The number of methoxy groups -OCH3 is 1. The van der Waals surface area contributed by atoms with Crippen molar-refractivity contribution >= 4 is 18.0 Å². The van der Waals surface area contributed by atoms with E-state index in [1.54, 1.807) is 0 Å². The monoisotopic (exact) mass is 440 g/mol. The minimum atomic E-state index is -1.32. The summed E-state index contributed by atoms with van der Waals surface area (Å²) in [6.45, 7) is 0.0150. The van der Waals surface area contributed by atoms with Crippen LogP contribution in [0.25, 0.3) is 11.1 Å². The van der Waals surface area contributed by atoms with E-state index >= 15 is 0 Å². The molecule has 0 heterocycles. The highest BCUT2D eigenvalue weighted by Crippen LogP contribution is 2.44. The maximum absolute atomic E-state index is 12.1. The van der Waals surface area contributed by atoms with Gasteiger partial charge in [-0.3, -0.25) is 9.63 Å². The number of fused-ring (bicyclic) bond motifs is 3. The molecule has 9 heteroatoms. The van der Waals surface area contributed by atoms with Crippen LogP contribution >= 0.6 is 0 Å². The number of rotatable bonds is 10. The molecule has 0 saturated carbocycles. The summed E-state index contributed by atoms with van der Waals surface area (Å²) in [5, 5.41) is 11.4. The summed E-state index contributed by atoms with van der Waals surface area (Å²) >= 11 is 0. The summed E-state index contributed by atoms with van der Waals surface area (Å²) in [6.07, 6.45) is 0.553. The lowest BCUT2D eigenvalue weighted by Crippen LogP contribution is -2.36. The summed E-state index contributed by atoms with van der Waals surface area (Å²) in [5.41, 5.74) is 6.51. The molecule has 0 aromatic heterocycles. The van der Waals surface area contributed by atoms with Crippen molar-refractivity contribution in [3.05, 3.63) is 71.8 Å². The second kappa shape index (κ2) is 11.1. The summed E-state index contributed by atoms with van der Waals surface area (Å²) in [6, 6.07) is 16.1. The number of carbonyl (C=O) groups excluding carboxylic acids is 2. The molecule has 1 unspecified atom stereocenters. The number of carboxylic acids is 1. The Morgan fingerprint density at radius 3 is 2.28 bits per heavy atom. The van der Waals surface area contributed by atoms with Gasteiger partial charge in [-0.05, 0) is 22.3 Å². The van der Waals surface area contributed by atoms with Crippen molar-refractivity contribution in [2.45, 2.75) is 12.0 Å². The number of hydroxylamine groups is 1. The Morgan fingerprint density at radius 1 is 1.06 bits per heavy atom. The van der Waals surface area contributed by atoms with E-state index in [1.807, 2.05) is 41.9 Å². The van der Waals surface area contributed by atoms with Gasteiger partial charge >= 0.3 is 12.1 Å². The van der Waals surface area contributed by atoms with E-state index in [4.69, 9.17) is 14.7 Å². The van der Waals surface area contributed by atoms with Gasteiger partial charge in [-0.25, -0.2) is 15.1 Å². The zero-order chi connectivity index (χ0) is 22.9. The molecule has 1 aliphatic carbocycles. The van der Waals surface area contributed by atoms with Gasteiger partial charge in [-0.1, -0.05) is 54.6 Å². The Bertz CT molecular complexity index is 960. The van der Waals surface area contributed by atoms with Gasteiger partial charge in [0.15, 0.2) is 0 Å². The van der Waals surface area contributed by atoms with Crippen molar-refractivity contribution < 1.29 is 33.8 Å². The number of aliphatic carboxylic acids is 1. The van der Waals surface area contributed by atoms with Crippen molar-refractivity contribution in [1.82, 2.24) is 10.8 Å². The average molecular weight is 440 g/mol. The second-order valence-corrected chi connectivity index (χ2v) is 6.98. The topological polar surface area (TPSA) is 123 Å². The summed E-state index contributed by atoms with van der Waals surface area (Å²) in [4.78, 5) is 39.4. The molecule has 3 N–H and O–H groups in total. The first kappa shape index (κ1) is 23.0. The van der Waals surface area contributed by atoms with Gasteiger partial charge in [0.05, 0.1) is 6.61 Å². The molecule has 2 aromatic carbocycles. The Hall–Kier alpha value is -3.69. The minimum absolute atomic E-state index is 0.0408. The zero-order valence-corrected chi connectivity index (χ0v) is 17.4. The van der Waals surface area contributed by atoms with Gasteiger partial charge < -0.3 is 19.9 Å². The number of amides is 2. The van der Waals surface area contributed by atoms with Gasteiger partial charge in [0, 0.05) is 25.6 Å². The van der Waals surface area contributed by atoms with Crippen LogP contribution in [-0.2, 0) is 23.9 Å². The van der Waals surface area contributed by atoms with E-state index in [0.29, 0.717) is 0 Å². The smallest absolute Gasteiger partial charge is 0.407 e. The van der Waals surface area contributed by atoms with Crippen molar-refractivity contribution in [3.8, 4) is 11.1 Å². The van der Waals surface area contributed by atoms with Crippen LogP contribution in [0.15, 0.2) is 60.7 Å². The summed E-state index contributed by atoms with van der Waals surface area (Å²) in [5.74, 6) is -1.99. The molecule has 0 bridgehead atoms. The number of ether oxygens (including phenoxy) is 2. The molecule has 32 heavy (non-hydrogen) atoms. The highest BCUT2D eigenvalue weighted by atomic mass is 16.7. The maximum Gasteiger partial charge on any atom is 0.407 e. The Kier molecular flexibility index (Phi) is 7.96. The van der Waals surface area contributed by atoms with E-state index in [9.17, 15) is 14.4 Å². The van der Waals surface area contributed by atoms with Crippen molar-refractivity contribution in [2.75, 3.05) is 26.9 Å². The molecule has 9 nitrogen and oxygen atoms in total. The molecule has 168 valence electrons. The molecule has 0 aliphatic heterocycles. The van der Waals surface area contributed by atoms with Crippen LogP contribution < -0.4 is 10.8 Å². The second-order valence-electron chi connectivity index (χ2n) is 6.98. The van der Waals surface area contributed by atoms with E-state index in [-0.39, 0.29) is 25.7 Å². The van der Waals surface area contributed by atoms with Gasteiger partial charge in [0.25, 0.3) is 5.91 Å². The van der Waals surface area contributed by atoms with Gasteiger partial charge in [0.1, 0.15) is 6.61 Å². The highest BCUT2D eigenvalue weighted by Gasteiger charge is 2.28. The first-order valence-corrected chi connectivity index (χ1v) is 9.94. The minimum Gasteiger partial charge on any atom is -0.479 e. The lowest BCUT2D eigenvalue weighted by Gasteiger charge is -2.14. The molecule has 0 radical (unpaired) electrons. The fraction of sp³-hybridized carbons (Fsp3) is 0.261. The van der Waals surface area contributed by atoms with Gasteiger partial charge in [-0.2, -0.15) is 0 Å². The third-order valence-electron chi connectivity index (χ3n) is 4.87. The summed E-state index contributed by atoms with van der Waals surface area (Å²) < 4.78 is 10.1. The highest BCUT2D eigenvalue weighted by molar-refractivity contribution is 5.87. The summed E-state index contributed by atoms with van der Waals surface area (Å²) in [7, 11) is 1.32. The van der Waals surface area contributed by atoms with E-state index in [2.05, 4.69) is 22.2 Å². The first-order chi connectivity index (χ1) is 15.5. The Labute approximate surface area is 184 Å². The van der Waals surface area contributed by atoms with Crippen LogP contribution in [0, 0.1) is 0 Å². The first-order valence-electron chi connectivity index (χ1n) is 9.94. The maximum atomic E-state index is 12.1. The Morgan fingerprint density at radius 2 is 1.69 bits per heavy atom. The van der Waals surface area contributed by atoms with E-state index in [0.717, 1.165) is 28.3 Å². The largest absolute Gasteiger partial charge is 0.479 e. The Balaban J connectivity index is 1.43. The molecule has 2 amide bonds. The standard InChI is InChI=1S/C23H24N2O7/c1-30-14-20(22(27)28)32-25-21(26)11-6-12-24-23(29)31-13-19-17-9-4-2-7-15(17)16-8-3-5-10-18(16)19/h2-11,19-20H,12-14H2,1H3,(H,24,29)(H,25,26)(H,27,28)/b11-6+. The van der Waals surface area contributed by atoms with Crippen LogP contribution in [0.3, 0.4) is 0 Å². The molecule has 1 atom stereocenters. The molecule has 0 saturated heterocycles. The number of nitrogens with one attached hydrogen (secondary N) is 2. The van der Waals surface area contributed by atoms with E-state index < -0.39 is 24.1 Å². The molecule has 0 spiro atoms. The quantitative estimate of drug-likeness (QED) is 0.382. The fourth-order valence-electron chi connectivity index (χ4n) is 3.43. The van der Waals surface area contributed by atoms with Crippen LogP contribution in [0.4, 0.5) is 4.79 Å². The number of carbonyl (C=O) groups is 3. The lowest BCUT2D eigenvalue weighted by atomic mass is 9.98. The number of hydrogen-bond donors (Lipinski definition) is 3. The molecule has 0 fully saturated rings. The van der Waals surface area contributed by atoms with E-state index in [1.165, 1.54) is 13.2 Å². The zero-order valence-electron chi connectivity index (χ0n) is 17.4. The molecular weight excluding hydrogens is 416 g/mol.